The first-order chi connectivity index (χ1) is 24.3. The molecule has 276 valence electrons. The number of methoxy groups -OCH3 is 1. The molecule has 4 amide bonds. The number of fused-ring (bicyclic) bond motifs is 3. The van der Waals surface area contributed by atoms with E-state index in [9.17, 15) is 32.7 Å². The van der Waals surface area contributed by atoms with Crippen LogP contribution >= 0.6 is 11.6 Å². The molecular formula is C35H44ClN5O9S. The minimum atomic E-state index is -3.91. The SMILES string of the molecule is CC[C@@H]1C[C@H](C)CCC=C[C@@H]2C[C@@]2(C(=O)NS(=O)(=O)C2CC2)NC(=O)[C@@H]2C[C@@H](Oc3ncc(OC)c4ccc(Cl)cc34)CN2C(=O)[C@H]1NC(=O)O. The highest BCUT2D eigenvalue weighted by atomic mass is 35.5. The number of sulfonamides is 1. The van der Waals surface area contributed by atoms with Crippen LogP contribution in [0.2, 0.25) is 5.02 Å². The molecule has 0 radical (unpaired) electrons. The quantitative estimate of drug-likeness (QED) is 0.289. The molecule has 4 aliphatic rings. The average molecular weight is 746 g/mol. The summed E-state index contributed by atoms with van der Waals surface area (Å²) in [7, 11) is -2.40. The van der Waals surface area contributed by atoms with Crippen molar-refractivity contribution >= 4 is 56.2 Å². The van der Waals surface area contributed by atoms with E-state index in [2.05, 4.69) is 20.3 Å². The van der Waals surface area contributed by atoms with Crippen molar-refractivity contribution in [1.29, 1.82) is 0 Å². The van der Waals surface area contributed by atoms with E-state index < -0.39 is 68.7 Å². The third-order valence-corrected chi connectivity index (χ3v) is 12.6. The largest absolute Gasteiger partial charge is 0.494 e. The smallest absolute Gasteiger partial charge is 0.405 e. The summed E-state index contributed by atoms with van der Waals surface area (Å²) in [5, 5.41) is 16.1. The van der Waals surface area contributed by atoms with Gasteiger partial charge in [0.05, 0.1) is 25.1 Å². The molecule has 1 aromatic heterocycles. The maximum absolute atomic E-state index is 14.5. The number of amides is 4. The number of pyridine rings is 1. The molecule has 2 aliphatic carbocycles. The number of hydrogen-bond acceptors (Lipinski definition) is 9. The van der Waals surface area contributed by atoms with Gasteiger partial charge in [0.1, 0.15) is 29.5 Å². The van der Waals surface area contributed by atoms with Crippen molar-refractivity contribution in [2.24, 2.45) is 17.8 Å². The van der Waals surface area contributed by atoms with E-state index in [0.29, 0.717) is 53.6 Å². The Kier molecular flexibility index (Phi) is 10.4. The molecule has 0 spiro atoms. The molecule has 2 aliphatic heterocycles. The first-order valence-electron chi connectivity index (χ1n) is 17.4. The summed E-state index contributed by atoms with van der Waals surface area (Å²) in [4.78, 5) is 60.3. The van der Waals surface area contributed by atoms with Crippen LogP contribution in [0.25, 0.3) is 10.8 Å². The van der Waals surface area contributed by atoms with Crippen LogP contribution in [0.4, 0.5) is 4.79 Å². The Morgan fingerprint density at radius 1 is 1.18 bits per heavy atom. The number of carboxylic acid groups (broad SMARTS) is 1. The number of ether oxygens (including phenoxy) is 2. The molecule has 6 rings (SSSR count). The monoisotopic (exact) mass is 745 g/mol. The zero-order valence-electron chi connectivity index (χ0n) is 28.8. The van der Waals surface area contributed by atoms with Crippen LogP contribution in [0.1, 0.15) is 65.2 Å². The molecule has 3 fully saturated rings. The molecule has 51 heavy (non-hydrogen) atoms. The number of benzene rings is 1. The molecule has 1 saturated heterocycles. The van der Waals surface area contributed by atoms with Crippen LogP contribution in [-0.2, 0) is 24.4 Å². The highest BCUT2D eigenvalue weighted by Gasteiger charge is 2.62. The van der Waals surface area contributed by atoms with Gasteiger partial charge < -0.3 is 30.1 Å². The maximum Gasteiger partial charge on any atom is 0.405 e. The highest BCUT2D eigenvalue weighted by molar-refractivity contribution is 7.91. The molecule has 14 nitrogen and oxygen atoms in total. The van der Waals surface area contributed by atoms with Gasteiger partial charge in [-0.2, -0.15) is 0 Å². The molecule has 7 atom stereocenters. The fraction of sp³-hybridized carbons (Fsp3) is 0.571. The second-order valence-corrected chi connectivity index (χ2v) is 16.6. The summed E-state index contributed by atoms with van der Waals surface area (Å²) in [6.45, 7) is 3.85. The number of hydrogen-bond donors (Lipinski definition) is 4. The summed E-state index contributed by atoms with van der Waals surface area (Å²) in [5.74, 6) is -2.10. The minimum absolute atomic E-state index is 0.0150. The van der Waals surface area contributed by atoms with E-state index in [1.54, 1.807) is 18.2 Å². The van der Waals surface area contributed by atoms with Gasteiger partial charge >= 0.3 is 6.09 Å². The lowest BCUT2D eigenvalue weighted by atomic mass is 9.85. The van der Waals surface area contributed by atoms with Gasteiger partial charge in [0, 0.05) is 28.1 Å². The fourth-order valence-corrected chi connectivity index (χ4v) is 8.96. The van der Waals surface area contributed by atoms with Gasteiger partial charge in [0.15, 0.2) is 0 Å². The summed E-state index contributed by atoms with van der Waals surface area (Å²) in [6.07, 6.45) is 6.67. The number of carbonyl (C=O) groups excluding carboxylic acids is 3. The number of allylic oxidation sites excluding steroid dienone is 1. The third kappa shape index (κ3) is 7.74. The number of carbonyl (C=O) groups is 4. The van der Waals surface area contributed by atoms with Crippen LogP contribution in [0.3, 0.4) is 0 Å². The lowest BCUT2D eigenvalue weighted by molar-refractivity contribution is -0.142. The number of nitrogens with one attached hydrogen (secondary N) is 3. The molecule has 0 bridgehead atoms. The maximum atomic E-state index is 14.5. The first kappa shape index (κ1) is 36.7. The molecule has 3 heterocycles. The van der Waals surface area contributed by atoms with Crippen LogP contribution in [0, 0.1) is 17.8 Å². The predicted molar refractivity (Wildman–Crippen MR) is 188 cm³/mol. The van der Waals surface area contributed by atoms with Crippen molar-refractivity contribution in [3.05, 3.63) is 41.6 Å². The van der Waals surface area contributed by atoms with Crippen LogP contribution < -0.4 is 24.8 Å². The average Bonchev–Trinajstić information content (AvgIpc) is 4.01. The van der Waals surface area contributed by atoms with Crippen molar-refractivity contribution in [3.63, 3.8) is 0 Å². The molecule has 2 saturated carbocycles. The molecule has 16 heteroatoms. The normalized spacial score (nSPS) is 29.9. The van der Waals surface area contributed by atoms with E-state index in [-0.39, 0.29) is 37.1 Å². The van der Waals surface area contributed by atoms with E-state index in [1.807, 2.05) is 26.0 Å². The topological polar surface area (TPSA) is 193 Å². The first-order valence-corrected chi connectivity index (χ1v) is 19.3. The summed E-state index contributed by atoms with van der Waals surface area (Å²) < 4.78 is 39.6. The van der Waals surface area contributed by atoms with E-state index in [1.165, 1.54) is 18.2 Å². The standard InChI is InChI=1S/C35H44ClN5O9S/c1-4-20-13-19(2)7-5-6-8-21-16-35(21,33(44)40-51(47,48)24-10-11-24)39-30(42)27-15-23(18-41(27)32(43)29(20)38-34(45)46)50-31-26-14-22(36)9-12-25(26)28(49-3)17-37-31/h6,8-9,12,14,17,19-21,23-24,27,29,38H,4-5,7,10-11,13,15-16,18H2,1-3H3,(H,39,42)(H,40,44)(H,45,46)/t19-,20-,21-,23-,27+,29+,35-/m1/s1. The molecule has 0 unspecified atom stereocenters. The Bertz CT molecular complexity index is 1850. The summed E-state index contributed by atoms with van der Waals surface area (Å²) in [6, 6.07) is 2.81. The molecule has 2 aromatic rings. The number of halogens is 1. The van der Waals surface area contributed by atoms with Crippen LogP contribution in [0.15, 0.2) is 36.5 Å². The van der Waals surface area contributed by atoms with Gasteiger partial charge in [-0.05, 0) is 68.6 Å². The van der Waals surface area contributed by atoms with E-state index in [0.717, 1.165) is 6.42 Å². The van der Waals surface area contributed by atoms with Gasteiger partial charge in [-0.15, -0.1) is 0 Å². The molecule has 1 aromatic carbocycles. The zero-order valence-corrected chi connectivity index (χ0v) is 30.3. The van der Waals surface area contributed by atoms with E-state index >= 15 is 0 Å². The fourth-order valence-electron chi connectivity index (χ4n) is 7.43. The second kappa shape index (κ2) is 14.5. The van der Waals surface area contributed by atoms with E-state index in [4.69, 9.17) is 21.1 Å². The minimum Gasteiger partial charge on any atom is -0.494 e. The molecule has 4 N–H and O–H groups in total. The van der Waals surface area contributed by atoms with Crippen molar-refractivity contribution in [1.82, 2.24) is 25.2 Å². The van der Waals surface area contributed by atoms with Crippen LogP contribution in [0.5, 0.6) is 11.6 Å². The lowest BCUT2D eigenvalue weighted by Crippen LogP contribution is -2.59. The third-order valence-electron chi connectivity index (χ3n) is 10.5. The van der Waals surface area contributed by atoms with Gasteiger partial charge in [0.2, 0.25) is 27.7 Å². The lowest BCUT2D eigenvalue weighted by Gasteiger charge is -2.33. The van der Waals surface area contributed by atoms with Gasteiger partial charge in [-0.1, -0.05) is 44.0 Å². The summed E-state index contributed by atoms with van der Waals surface area (Å²) >= 11 is 6.32. The number of rotatable bonds is 8. The van der Waals surface area contributed by atoms with Crippen molar-refractivity contribution in [2.75, 3.05) is 13.7 Å². The second-order valence-electron chi connectivity index (χ2n) is 14.2. The Morgan fingerprint density at radius 3 is 2.63 bits per heavy atom. The Balaban J connectivity index is 1.36. The van der Waals surface area contributed by atoms with Crippen molar-refractivity contribution in [2.45, 2.75) is 94.2 Å². The van der Waals surface area contributed by atoms with Crippen molar-refractivity contribution in [3.8, 4) is 11.6 Å². The Labute approximate surface area is 301 Å². The Morgan fingerprint density at radius 2 is 1.94 bits per heavy atom. The molecular weight excluding hydrogens is 702 g/mol. The number of nitrogens with zero attached hydrogens (tertiary/aromatic N) is 2. The zero-order chi connectivity index (χ0) is 36.7. The van der Waals surface area contributed by atoms with Crippen molar-refractivity contribution < 1.29 is 42.2 Å². The van der Waals surface area contributed by atoms with Gasteiger partial charge in [0.25, 0.3) is 5.91 Å². The van der Waals surface area contributed by atoms with Gasteiger partial charge in [-0.3, -0.25) is 19.1 Å². The van der Waals surface area contributed by atoms with Gasteiger partial charge in [-0.25, -0.2) is 18.2 Å². The predicted octanol–water partition coefficient (Wildman–Crippen LogP) is 3.77. The highest BCUT2D eigenvalue weighted by Crippen LogP contribution is 2.46. The number of aromatic nitrogens is 1. The van der Waals surface area contributed by atoms with Crippen LogP contribution in [-0.4, -0.2) is 89.9 Å². The Hall–Kier alpha value is -4.11. The summed E-state index contributed by atoms with van der Waals surface area (Å²) in [5.41, 5.74) is -1.54.